The van der Waals surface area contributed by atoms with Crippen molar-refractivity contribution < 1.29 is 14.7 Å². The zero-order chi connectivity index (χ0) is 19.8. The Balaban J connectivity index is 2.43. The molecule has 0 aromatic heterocycles. The van der Waals surface area contributed by atoms with Crippen LogP contribution >= 0.6 is 11.6 Å². The fourth-order valence-corrected chi connectivity index (χ4v) is 2.92. The Kier molecular flexibility index (Phi) is 7.82. The molecular formula is C21H25ClN2O3. The first-order valence-corrected chi connectivity index (χ1v) is 9.30. The number of amides is 2. The molecule has 1 atom stereocenters. The number of aliphatic hydroxyl groups excluding tert-OH is 1. The molecule has 27 heavy (non-hydrogen) atoms. The van der Waals surface area contributed by atoms with Crippen molar-refractivity contribution in [3.8, 4) is 0 Å². The molecule has 0 aliphatic carbocycles. The van der Waals surface area contributed by atoms with Crippen LogP contribution in [0.15, 0.2) is 54.6 Å². The molecule has 6 heteroatoms. The van der Waals surface area contributed by atoms with Gasteiger partial charge in [-0.3, -0.25) is 9.59 Å². The highest BCUT2D eigenvalue weighted by Gasteiger charge is 2.32. The van der Waals surface area contributed by atoms with E-state index in [2.05, 4.69) is 5.32 Å². The number of carbonyl (C=O) groups excluding carboxylic acids is 2. The molecule has 0 radical (unpaired) electrons. The minimum absolute atomic E-state index is 0.127. The lowest BCUT2D eigenvalue weighted by atomic mass is 10.0. The van der Waals surface area contributed by atoms with Crippen molar-refractivity contribution in [3.63, 3.8) is 0 Å². The van der Waals surface area contributed by atoms with Crippen LogP contribution in [0, 0.1) is 5.92 Å². The number of nitrogens with one attached hydrogen (secondary N) is 1. The maximum atomic E-state index is 13.0. The van der Waals surface area contributed by atoms with Crippen LogP contribution in [0.5, 0.6) is 0 Å². The fourth-order valence-electron chi connectivity index (χ4n) is 2.80. The van der Waals surface area contributed by atoms with Gasteiger partial charge < -0.3 is 15.3 Å². The quantitative estimate of drug-likeness (QED) is 0.729. The molecule has 2 amide bonds. The van der Waals surface area contributed by atoms with Gasteiger partial charge in [0.2, 0.25) is 11.8 Å². The molecule has 0 spiro atoms. The Morgan fingerprint density at radius 1 is 1.07 bits per heavy atom. The summed E-state index contributed by atoms with van der Waals surface area (Å²) in [7, 11) is 0. The number of hydrogen-bond donors (Lipinski definition) is 2. The minimum atomic E-state index is -0.789. The highest BCUT2D eigenvalue weighted by Crippen LogP contribution is 2.26. The fraction of sp³-hybridized carbons (Fsp3) is 0.333. The second kappa shape index (κ2) is 10.1. The van der Waals surface area contributed by atoms with Crippen molar-refractivity contribution >= 4 is 23.4 Å². The third kappa shape index (κ3) is 5.81. The van der Waals surface area contributed by atoms with E-state index in [1.54, 1.807) is 17.0 Å². The Morgan fingerprint density at radius 2 is 1.70 bits per heavy atom. The molecule has 5 nitrogen and oxygen atoms in total. The molecule has 0 saturated carbocycles. The van der Waals surface area contributed by atoms with Crippen LogP contribution in [0.1, 0.15) is 31.0 Å². The van der Waals surface area contributed by atoms with Gasteiger partial charge in [0.25, 0.3) is 0 Å². The molecule has 2 rings (SSSR count). The van der Waals surface area contributed by atoms with Gasteiger partial charge in [-0.1, -0.05) is 67.9 Å². The molecule has 2 aromatic rings. The predicted octanol–water partition coefficient (Wildman–Crippen LogP) is 3.17. The highest BCUT2D eigenvalue weighted by atomic mass is 35.5. The van der Waals surface area contributed by atoms with Crippen LogP contribution < -0.4 is 5.32 Å². The Morgan fingerprint density at radius 3 is 2.26 bits per heavy atom. The van der Waals surface area contributed by atoms with E-state index in [0.29, 0.717) is 5.02 Å². The maximum Gasteiger partial charge on any atom is 0.247 e. The van der Waals surface area contributed by atoms with Crippen LogP contribution in [0.4, 0.5) is 0 Å². The van der Waals surface area contributed by atoms with Gasteiger partial charge in [0.1, 0.15) is 6.04 Å². The van der Waals surface area contributed by atoms with Crippen LogP contribution in [0.3, 0.4) is 0 Å². The molecule has 0 heterocycles. The van der Waals surface area contributed by atoms with Crippen molar-refractivity contribution in [2.24, 2.45) is 5.92 Å². The largest absolute Gasteiger partial charge is 0.395 e. The lowest BCUT2D eigenvalue weighted by Crippen LogP contribution is -2.45. The normalized spacial score (nSPS) is 11.9. The maximum absolute atomic E-state index is 13.0. The molecular weight excluding hydrogens is 364 g/mol. The minimum Gasteiger partial charge on any atom is -0.395 e. The summed E-state index contributed by atoms with van der Waals surface area (Å²) in [5.41, 5.74) is 1.60. The Labute approximate surface area is 165 Å². The van der Waals surface area contributed by atoms with E-state index in [4.69, 9.17) is 16.7 Å². The Hall–Kier alpha value is -2.37. The average molecular weight is 389 g/mol. The average Bonchev–Trinajstić information content (AvgIpc) is 2.67. The number of nitrogens with zero attached hydrogens (tertiary/aromatic N) is 1. The standard InChI is InChI=1S/C21H25ClN2O3/c1-15(2)21(27)24(14-16-8-10-18(22)11-9-16)19(20(26)23-12-13-25)17-6-4-3-5-7-17/h3-11,15,19,25H,12-14H2,1-2H3,(H,23,26)/t19-/m0/s1. The van der Waals surface area contributed by atoms with E-state index < -0.39 is 6.04 Å². The lowest BCUT2D eigenvalue weighted by Gasteiger charge is -2.33. The van der Waals surface area contributed by atoms with Gasteiger partial charge in [-0.05, 0) is 23.3 Å². The SMILES string of the molecule is CC(C)C(=O)N(Cc1ccc(Cl)cc1)[C@H](C(=O)NCCO)c1ccccc1. The van der Waals surface area contributed by atoms with Gasteiger partial charge >= 0.3 is 0 Å². The number of hydrogen-bond acceptors (Lipinski definition) is 3. The van der Waals surface area contributed by atoms with E-state index in [1.807, 2.05) is 56.3 Å². The summed E-state index contributed by atoms with van der Waals surface area (Å²) in [5.74, 6) is -0.717. The molecule has 0 unspecified atom stereocenters. The van der Waals surface area contributed by atoms with Gasteiger partial charge in [0.05, 0.1) is 6.61 Å². The van der Waals surface area contributed by atoms with Crippen molar-refractivity contribution in [1.29, 1.82) is 0 Å². The molecule has 144 valence electrons. The lowest BCUT2D eigenvalue weighted by molar-refractivity contribution is -0.144. The molecule has 0 bridgehead atoms. The zero-order valence-electron chi connectivity index (χ0n) is 15.6. The molecule has 0 fully saturated rings. The number of benzene rings is 2. The smallest absolute Gasteiger partial charge is 0.247 e. The second-order valence-corrected chi connectivity index (χ2v) is 7.01. The monoisotopic (exact) mass is 388 g/mol. The van der Waals surface area contributed by atoms with Crippen LogP contribution in [0.25, 0.3) is 0 Å². The van der Waals surface area contributed by atoms with Crippen molar-refractivity contribution in [1.82, 2.24) is 10.2 Å². The van der Waals surface area contributed by atoms with Crippen LogP contribution in [-0.2, 0) is 16.1 Å². The van der Waals surface area contributed by atoms with Gasteiger partial charge in [0.15, 0.2) is 0 Å². The van der Waals surface area contributed by atoms with Crippen LogP contribution in [0.2, 0.25) is 5.02 Å². The first-order chi connectivity index (χ1) is 12.9. The second-order valence-electron chi connectivity index (χ2n) is 6.58. The van der Waals surface area contributed by atoms with Gasteiger partial charge in [0, 0.05) is 24.0 Å². The molecule has 0 aliphatic heterocycles. The number of rotatable bonds is 8. The number of carbonyl (C=O) groups is 2. The van der Waals surface area contributed by atoms with E-state index in [1.165, 1.54) is 0 Å². The summed E-state index contributed by atoms with van der Waals surface area (Å²) in [5, 5.41) is 12.4. The predicted molar refractivity (Wildman–Crippen MR) is 106 cm³/mol. The summed E-state index contributed by atoms with van der Waals surface area (Å²) in [4.78, 5) is 27.4. The van der Waals surface area contributed by atoms with E-state index in [-0.39, 0.29) is 37.4 Å². The van der Waals surface area contributed by atoms with Gasteiger partial charge in [-0.15, -0.1) is 0 Å². The van der Waals surface area contributed by atoms with Crippen LogP contribution in [-0.4, -0.2) is 35.0 Å². The Bertz CT molecular complexity index is 748. The van der Waals surface area contributed by atoms with E-state index in [0.717, 1.165) is 11.1 Å². The summed E-state index contributed by atoms with van der Waals surface area (Å²) in [6, 6.07) is 15.6. The van der Waals surface area contributed by atoms with Gasteiger partial charge in [-0.25, -0.2) is 0 Å². The summed E-state index contributed by atoms with van der Waals surface area (Å²) < 4.78 is 0. The summed E-state index contributed by atoms with van der Waals surface area (Å²) in [6.07, 6.45) is 0. The molecule has 2 N–H and O–H groups in total. The molecule has 2 aromatic carbocycles. The zero-order valence-corrected chi connectivity index (χ0v) is 16.3. The van der Waals surface area contributed by atoms with Gasteiger partial charge in [-0.2, -0.15) is 0 Å². The molecule has 0 saturated heterocycles. The highest BCUT2D eigenvalue weighted by molar-refractivity contribution is 6.30. The summed E-state index contributed by atoms with van der Waals surface area (Å²) >= 11 is 5.96. The third-order valence-corrected chi connectivity index (χ3v) is 4.38. The number of halogens is 1. The first kappa shape index (κ1) is 20.9. The van der Waals surface area contributed by atoms with E-state index >= 15 is 0 Å². The third-order valence-electron chi connectivity index (χ3n) is 4.13. The van der Waals surface area contributed by atoms with E-state index in [9.17, 15) is 9.59 Å². The van der Waals surface area contributed by atoms with Crippen molar-refractivity contribution in [2.75, 3.05) is 13.2 Å². The number of aliphatic hydroxyl groups is 1. The van der Waals surface area contributed by atoms with Crippen molar-refractivity contribution in [2.45, 2.75) is 26.4 Å². The van der Waals surface area contributed by atoms with Crippen molar-refractivity contribution in [3.05, 3.63) is 70.7 Å². The summed E-state index contributed by atoms with van der Waals surface area (Å²) in [6.45, 7) is 3.87. The first-order valence-electron chi connectivity index (χ1n) is 8.92. The topological polar surface area (TPSA) is 69.6 Å². The molecule has 0 aliphatic rings.